The second kappa shape index (κ2) is 10.0. The van der Waals surface area contributed by atoms with Crippen LogP contribution in [0.3, 0.4) is 0 Å². The maximum Gasteiger partial charge on any atom is 0.435 e. The number of carbonyl (C=O) groups excluding carboxylic acids is 2. The largest absolute Gasteiger partial charge is 0.435 e. The highest BCUT2D eigenvalue weighted by molar-refractivity contribution is 7.80. The van der Waals surface area contributed by atoms with E-state index in [4.69, 9.17) is 12.2 Å². The van der Waals surface area contributed by atoms with Gasteiger partial charge in [0.1, 0.15) is 5.00 Å². The van der Waals surface area contributed by atoms with Crippen LogP contribution in [-0.2, 0) is 30.9 Å². The number of nitrogens with zero attached hydrogens (tertiary/aromatic N) is 2. The molecule has 0 aromatic carbocycles. The number of hydrogen-bond donors (Lipinski definition) is 3. The summed E-state index contributed by atoms with van der Waals surface area (Å²) in [5, 5.41) is 13.6. The van der Waals surface area contributed by atoms with Gasteiger partial charge in [0.2, 0.25) is 5.91 Å². The molecule has 12 heteroatoms. The van der Waals surface area contributed by atoms with Gasteiger partial charge in [-0.3, -0.25) is 14.3 Å². The van der Waals surface area contributed by atoms with Crippen molar-refractivity contribution in [2.24, 2.45) is 18.9 Å². The molecule has 0 unspecified atom stereocenters. The fourth-order valence-corrected chi connectivity index (χ4v) is 6.47. The zero-order valence-electron chi connectivity index (χ0n) is 20.7. The van der Waals surface area contributed by atoms with E-state index < -0.39 is 11.9 Å². The first kappa shape index (κ1) is 26.1. The minimum Gasteiger partial charge on any atom is -0.376 e. The normalized spacial score (nSPS) is 21.3. The summed E-state index contributed by atoms with van der Waals surface area (Å²) in [6, 6.07) is 0.929. The Morgan fingerprint density at radius 2 is 1.95 bits per heavy atom. The Morgan fingerprint density at radius 1 is 1.22 bits per heavy atom. The van der Waals surface area contributed by atoms with E-state index in [0.717, 1.165) is 55.0 Å². The van der Waals surface area contributed by atoms with Gasteiger partial charge >= 0.3 is 6.18 Å². The quantitative estimate of drug-likeness (QED) is 0.417. The van der Waals surface area contributed by atoms with Gasteiger partial charge in [-0.2, -0.15) is 18.3 Å². The summed E-state index contributed by atoms with van der Waals surface area (Å²) >= 11 is 7.00. The van der Waals surface area contributed by atoms with Crippen molar-refractivity contribution in [1.82, 2.24) is 20.4 Å². The van der Waals surface area contributed by atoms with Crippen molar-refractivity contribution in [3.8, 4) is 0 Å². The molecule has 2 atom stereocenters. The number of nitrogens with one attached hydrogen (secondary N) is 3. The number of rotatable bonds is 8. The van der Waals surface area contributed by atoms with E-state index in [2.05, 4.69) is 21.0 Å². The molecule has 0 bridgehead atoms. The molecule has 37 heavy (non-hydrogen) atoms. The molecule has 7 nitrogen and oxygen atoms in total. The Balaban J connectivity index is 1.33. The van der Waals surface area contributed by atoms with Crippen LogP contribution in [0.4, 0.5) is 18.2 Å². The summed E-state index contributed by atoms with van der Waals surface area (Å²) in [5.41, 5.74) is 0.899. The van der Waals surface area contributed by atoms with E-state index in [9.17, 15) is 22.8 Å². The van der Waals surface area contributed by atoms with Crippen molar-refractivity contribution < 1.29 is 22.8 Å². The van der Waals surface area contributed by atoms with Crippen molar-refractivity contribution in [2.45, 2.75) is 70.0 Å². The maximum absolute atomic E-state index is 13.3. The highest BCUT2D eigenvalue weighted by atomic mass is 32.1. The number of fused-ring (bicyclic) bond motifs is 1. The maximum atomic E-state index is 13.3. The van der Waals surface area contributed by atoms with Gasteiger partial charge in [0.15, 0.2) is 5.69 Å². The molecule has 200 valence electrons. The van der Waals surface area contributed by atoms with Crippen molar-refractivity contribution in [3.63, 3.8) is 0 Å². The van der Waals surface area contributed by atoms with E-state index in [-0.39, 0.29) is 36.1 Å². The molecule has 2 aromatic rings. The van der Waals surface area contributed by atoms with Crippen LogP contribution in [0.15, 0.2) is 6.07 Å². The highest BCUT2D eigenvalue weighted by Crippen LogP contribution is 2.44. The van der Waals surface area contributed by atoms with Crippen LogP contribution in [0, 0.1) is 11.8 Å². The lowest BCUT2D eigenvalue weighted by atomic mass is 9.82. The standard InChI is InChI=1S/C25H30F3N5O2S2/c1-12-16(30-19(36)10-15-9-18(25(26,27)28)32-33(15)2)7-8-17-20(12)21(23(35)29-11-13-3-4-13)24(37-17)31-22(34)14-5-6-14/h9,12-14,16H,3-8,10-11H2,1-2H3,(H,29,35)(H,30,36)(H,31,34)/t12-,16+/m1/s1. The Hall–Kier alpha value is -2.47. The number of aromatic nitrogens is 2. The average Bonchev–Trinajstić information content (AvgIpc) is 3.75. The summed E-state index contributed by atoms with van der Waals surface area (Å²) in [4.78, 5) is 27.4. The fourth-order valence-electron chi connectivity index (χ4n) is 4.85. The lowest BCUT2D eigenvalue weighted by Crippen LogP contribution is -2.41. The molecule has 2 fully saturated rings. The molecule has 0 aliphatic heterocycles. The molecule has 5 rings (SSSR count). The van der Waals surface area contributed by atoms with Crippen LogP contribution in [0.25, 0.3) is 0 Å². The Kier molecular flexibility index (Phi) is 7.08. The van der Waals surface area contributed by atoms with Gasteiger partial charge in [-0.15, -0.1) is 11.3 Å². The third-order valence-corrected chi connectivity index (χ3v) is 8.82. The van der Waals surface area contributed by atoms with E-state index in [0.29, 0.717) is 33.7 Å². The number of carbonyl (C=O) groups is 2. The number of anilines is 1. The van der Waals surface area contributed by atoms with Gasteiger partial charge in [-0.1, -0.05) is 19.1 Å². The monoisotopic (exact) mass is 553 g/mol. The lowest BCUT2D eigenvalue weighted by molar-refractivity contribution is -0.141. The predicted molar refractivity (Wildman–Crippen MR) is 139 cm³/mol. The summed E-state index contributed by atoms with van der Waals surface area (Å²) in [6.45, 7) is 2.66. The topological polar surface area (TPSA) is 88.1 Å². The molecule has 2 heterocycles. The molecule has 3 N–H and O–H groups in total. The average molecular weight is 554 g/mol. The van der Waals surface area contributed by atoms with Gasteiger partial charge in [-0.05, 0) is 56.1 Å². The molecule has 0 spiro atoms. The second-order valence-electron chi connectivity index (χ2n) is 10.4. The van der Waals surface area contributed by atoms with E-state index in [1.165, 1.54) is 23.1 Å². The number of aryl methyl sites for hydroxylation is 2. The van der Waals surface area contributed by atoms with Crippen LogP contribution in [0.2, 0.25) is 0 Å². The van der Waals surface area contributed by atoms with E-state index >= 15 is 0 Å². The van der Waals surface area contributed by atoms with Gasteiger partial charge < -0.3 is 16.0 Å². The number of thiocarbonyl (C=S) groups is 1. The molecule has 3 aliphatic carbocycles. The predicted octanol–water partition coefficient (Wildman–Crippen LogP) is 4.57. The summed E-state index contributed by atoms with van der Waals surface area (Å²) in [6.07, 6.45) is 1.09. The fraction of sp³-hybridized carbons (Fsp3) is 0.600. The Bertz CT molecular complexity index is 1230. The lowest BCUT2D eigenvalue weighted by Gasteiger charge is -2.31. The first-order chi connectivity index (χ1) is 17.5. The molecule has 3 aliphatic rings. The smallest absolute Gasteiger partial charge is 0.376 e. The van der Waals surface area contributed by atoms with Gasteiger partial charge in [0.25, 0.3) is 5.91 Å². The van der Waals surface area contributed by atoms with Crippen LogP contribution >= 0.6 is 23.6 Å². The van der Waals surface area contributed by atoms with Gasteiger partial charge in [-0.25, -0.2) is 0 Å². The van der Waals surface area contributed by atoms with Gasteiger partial charge in [0, 0.05) is 48.5 Å². The zero-order valence-corrected chi connectivity index (χ0v) is 22.3. The number of thiophene rings is 1. The third-order valence-electron chi connectivity index (χ3n) is 7.38. The summed E-state index contributed by atoms with van der Waals surface area (Å²) < 4.78 is 40.3. The minimum absolute atomic E-state index is 0.0237. The van der Waals surface area contributed by atoms with Crippen LogP contribution in [0.1, 0.15) is 77.1 Å². The number of hydrogen-bond acceptors (Lipinski definition) is 5. The molecule has 0 saturated heterocycles. The molecule has 2 saturated carbocycles. The molecule has 2 amide bonds. The van der Waals surface area contributed by atoms with E-state index in [1.54, 1.807) is 0 Å². The van der Waals surface area contributed by atoms with Crippen LogP contribution in [0.5, 0.6) is 0 Å². The van der Waals surface area contributed by atoms with Crippen molar-refractivity contribution in [1.29, 1.82) is 0 Å². The molecular weight excluding hydrogens is 523 g/mol. The van der Waals surface area contributed by atoms with Crippen LogP contribution in [-0.4, -0.2) is 39.2 Å². The van der Waals surface area contributed by atoms with Gasteiger partial charge in [0.05, 0.1) is 10.6 Å². The van der Waals surface area contributed by atoms with Crippen molar-refractivity contribution in [3.05, 3.63) is 33.5 Å². The number of amides is 2. The summed E-state index contributed by atoms with van der Waals surface area (Å²) in [5.74, 6) is 0.268. The summed E-state index contributed by atoms with van der Waals surface area (Å²) in [7, 11) is 1.47. The first-order valence-corrected chi connectivity index (χ1v) is 13.9. The second-order valence-corrected chi connectivity index (χ2v) is 12.0. The van der Waals surface area contributed by atoms with E-state index in [1.807, 2.05) is 6.92 Å². The Labute approximate surface area is 222 Å². The Morgan fingerprint density at radius 3 is 2.57 bits per heavy atom. The number of alkyl halides is 3. The molecule has 2 aromatic heterocycles. The van der Waals surface area contributed by atoms with Crippen LogP contribution < -0.4 is 16.0 Å². The van der Waals surface area contributed by atoms with Crippen molar-refractivity contribution >= 4 is 45.4 Å². The molecule has 0 radical (unpaired) electrons. The SMILES string of the molecule is C[C@H]1c2c(sc(NC(=O)C3CC3)c2C(=O)NCC2CC2)CC[C@@H]1NC(=S)Cc1cc(C(F)(F)F)nn1C. The van der Waals surface area contributed by atoms with Crippen molar-refractivity contribution in [2.75, 3.05) is 11.9 Å². The first-order valence-electron chi connectivity index (χ1n) is 12.6. The zero-order chi connectivity index (χ0) is 26.5. The number of halogens is 3. The minimum atomic E-state index is -4.51. The third kappa shape index (κ3) is 5.84. The highest BCUT2D eigenvalue weighted by Gasteiger charge is 2.38. The molecular formula is C25H30F3N5O2S2.